The van der Waals surface area contributed by atoms with Gasteiger partial charge in [0.1, 0.15) is 0 Å². The summed E-state index contributed by atoms with van der Waals surface area (Å²) in [5.74, 6) is 0.761. The van der Waals surface area contributed by atoms with Gasteiger partial charge < -0.3 is 0 Å². The molecule has 1 heterocycles. The molecule has 11 heavy (non-hydrogen) atoms. The molecule has 1 aromatic rings. The maximum atomic E-state index is 4.48. The van der Waals surface area contributed by atoms with Crippen LogP contribution in [0.15, 0.2) is 11.1 Å². The van der Waals surface area contributed by atoms with E-state index in [1.165, 1.54) is 0 Å². The van der Waals surface area contributed by atoms with Crippen LogP contribution in [0.4, 0.5) is 5.82 Å². The monoisotopic (exact) mass is 167 g/mol. The summed E-state index contributed by atoms with van der Waals surface area (Å²) in [6.07, 6.45) is 0.917. The van der Waals surface area contributed by atoms with Crippen molar-refractivity contribution < 1.29 is 0 Å². The minimum absolute atomic E-state index is 0.761. The zero-order chi connectivity index (χ0) is 8.27. The van der Waals surface area contributed by atoms with Crippen LogP contribution in [0.3, 0.4) is 0 Å². The quantitative estimate of drug-likeness (QED) is 0.496. The summed E-state index contributed by atoms with van der Waals surface area (Å²) in [6, 6.07) is 1.90. The van der Waals surface area contributed by atoms with Crippen LogP contribution in [0, 0.1) is 0 Å². The van der Waals surface area contributed by atoms with E-state index >= 15 is 0 Å². The van der Waals surface area contributed by atoms with E-state index in [9.17, 15) is 0 Å². The van der Waals surface area contributed by atoms with Gasteiger partial charge >= 0.3 is 0 Å². The lowest BCUT2D eigenvalue weighted by atomic mass is 10.3. The molecule has 0 atom stereocenters. The Morgan fingerprint density at radius 1 is 1.82 bits per heavy atom. The van der Waals surface area contributed by atoms with Crippen molar-refractivity contribution in [2.45, 2.75) is 13.3 Å². The van der Waals surface area contributed by atoms with Gasteiger partial charge in [0.15, 0.2) is 5.82 Å². The van der Waals surface area contributed by atoms with E-state index < -0.39 is 0 Å². The summed E-state index contributed by atoms with van der Waals surface area (Å²) in [5.41, 5.74) is 1.02. The maximum absolute atomic E-state index is 4.48. The van der Waals surface area contributed by atoms with Crippen molar-refractivity contribution in [2.24, 2.45) is 12.0 Å². The van der Waals surface area contributed by atoms with E-state index in [0.717, 1.165) is 17.9 Å². The van der Waals surface area contributed by atoms with E-state index in [-0.39, 0.29) is 0 Å². The second-order valence-electron chi connectivity index (χ2n) is 2.17. The van der Waals surface area contributed by atoms with Gasteiger partial charge in [-0.3, -0.25) is 4.68 Å². The van der Waals surface area contributed by atoms with Crippen molar-refractivity contribution in [1.29, 1.82) is 0 Å². The summed E-state index contributed by atoms with van der Waals surface area (Å²) >= 11 is 4.48. The van der Waals surface area contributed by atoms with Crippen LogP contribution in [0.25, 0.3) is 0 Å². The van der Waals surface area contributed by atoms with Gasteiger partial charge in [0.2, 0.25) is 0 Å². The third-order valence-corrected chi connectivity index (χ3v) is 1.52. The minimum atomic E-state index is 0.761. The second-order valence-corrected chi connectivity index (χ2v) is 2.36. The zero-order valence-corrected chi connectivity index (χ0v) is 7.35. The Hall–Kier alpha value is -0.990. The Balaban J connectivity index is 3.06. The molecule has 4 heteroatoms. The number of isothiocyanates is 1. The maximum Gasteiger partial charge on any atom is 0.161 e. The molecule has 1 rings (SSSR count). The van der Waals surface area contributed by atoms with Crippen LogP contribution in [0.2, 0.25) is 0 Å². The molecule has 0 aliphatic rings. The SMILES string of the molecule is CCc1cc(N=C=S)n(C)n1. The normalized spacial score (nSPS) is 9.27. The lowest BCUT2D eigenvalue weighted by Crippen LogP contribution is -1.90. The third-order valence-electron chi connectivity index (χ3n) is 1.43. The van der Waals surface area contributed by atoms with Gasteiger partial charge in [-0.15, -0.1) is 0 Å². The molecule has 0 aromatic carbocycles. The Morgan fingerprint density at radius 2 is 2.55 bits per heavy atom. The van der Waals surface area contributed by atoms with E-state index in [4.69, 9.17) is 0 Å². The largest absolute Gasteiger partial charge is 0.250 e. The Kier molecular flexibility index (Phi) is 2.52. The number of hydrogen-bond acceptors (Lipinski definition) is 3. The van der Waals surface area contributed by atoms with Crippen LogP contribution in [0.1, 0.15) is 12.6 Å². The Bertz CT molecular complexity index is 297. The fourth-order valence-corrected chi connectivity index (χ4v) is 0.933. The summed E-state index contributed by atoms with van der Waals surface area (Å²) in [7, 11) is 1.84. The van der Waals surface area contributed by atoms with Crippen molar-refractivity contribution in [3.63, 3.8) is 0 Å². The van der Waals surface area contributed by atoms with Crippen LogP contribution in [-0.4, -0.2) is 14.9 Å². The molecule has 0 radical (unpaired) electrons. The van der Waals surface area contributed by atoms with Gasteiger partial charge in [0.25, 0.3) is 0 Å². The highest BCUT2D eigenvalue weighted by molar-refractivity contribution is 7.78. The molecule has 0 fully saturated rings. The summed E-state index contributed by atoms with van der Waals surface area (Å²) in [5, 5.41) is 6.49. The average Bonchev–Trinajstić information content (AvgIpc) is 2.33. The minimum Gasteiger partial charge on any atom is -0.250 e. The number of aliphatic imine (C=N–C) groups is 1. The van der Waals surface area contributed by atoms with Crippen LogP contribution >= 0.6 is 12.2 Å². The number of aryl methyl sites for hydroxylation is 2. The van der Waals surface area contributed by atoms with Crippen molar-refractivity contribution in [3.05, 3.63) is 11.8 Å². The van der Waals surface area contributed by atoms with Gasteiger partial charge in [-0.2, -0.15) is 10.1 Å². The molecule has 58 valence electrons. The van der Waals surface area contributed by atoms with Gasteiger partial charge in [0, 0.05) is 13.1 Å². The fraction of sp³-hybridized carbons (Fsp3) is 0.429. The standard InChI is InChI=1S/C7H9N3S/c1-3-6-4-7(8-5-11)10(2)9-6/h4H,3H2,1-2H3. The molecule has 0 aliphatic carbocycles. The van der Waals surface area contributed by atoms with Crippen LogP contribution in [-0.2, 0) is 13.5 Å². The molecule has 3 nitrogen and oxygen atoms in total. The fourth-order valence-electron chi connectivity index (χ4n) is 0.839. The Labute approximate surface area is 70.8 Å². The molecule has 0 unspecified atom stereocenters. The highest BCUT2D eigenvalue weighted by atomic mass is 32.1. The average molecular weight is 167 g/mol. The summed E-state index contributed by atoms with van der Waals surface area (Å²) in [6.45, 7) is 2.05. The second kappa shape index (κ2) is 3.42. The summed E-state index contributed by atoms with van der Waals surface area (Å²) in [4.78, 5) is 3.84. The first kappa shape index (κ1) is 8.11. The van der Waals surface area contributed by atoms with E-state index in [2.05, 4.69) is 27.5 Å². The number of thiocarbonyl (C=S) groups is 1. The number of rotatable bonds is 2. The number of aromatic nitrogens is 2. The predicted molar refractivity (Wildman–Crippen MR) is 47.3 cm³/mol. The summed E-state index contributed by atoms with van der Waals surface area (Å²) < 4.78 is 1.69. The highest BCUT2D eigenvalue weighted by Gasteiger charge is 1.99. The molecule has 0 amide bonds. The van der Waals surface area contributed by atoms with E-state index in [0.29, 0.717) is 0 Å². The molecule has 0 N–H and O–H groups in total. The molecule has 0 bridgehead atoms. The highest BCUT2D eigenvalue weighted by Crippen LogP contribution is 2.11. The smallest absolute Gasteiger partial charge is 0.161 e. The molecular formula is C7H9N3S. The predicted octanol–water partition coefficient (Wildman–Crippen LogP) is 1.72. The first-order valence-corrected chi connectivity index (χ1v) is 3.79. The third kappa shape index (κ3) is 1.73. The van der Waals surface area contributed by atoms with Crippen molar-refractivity contribution in [1.82, 2.24) is 9.78 Å². The first-order valence-electron chi connectivity index (χ1n) is 3.38. The van der Waals surface area contributed by atoms with E-state index in [1.54, 1.807) is 4.68 Å². The van der Waals surface area contributed by atoms with Crippen LogP contribution < -0.4 is 0 Å². The first-order chi connectivity index (χ1) is 5.27. The lowest BCUT2D eigenvalue weighted by molar-refractivity contribution is 0.749. The van der Waals surface area contributed by atoms with Crippen molar-refractivity contribution in [3.8, 4) is 0 Å². The van der Waals surface area contributed by atoms with E-state index in [1.807, 2.05) is 20.0 Å². The lowest BCUT2D eigenvalue weighted by Gasteiger charge is -1.88. The molecule has 1 aromatic heterocycles. The number of hydrogen-bond donors (Lipinski definition) is 0. The van der Waals surface area contributed by atoms with Gasteiger partial charge in [-0.1, -0.05) is 6.92 Å². The molecular weight excluding hydrogens is 158 g/mol. The van der Waals surface area contributed by atoms with Gasteiger partial charge in [0.05, 0.1) is 10.9 Å². The number of nitrogens with zero attached hydrogens (tertiary/aromatic N) is 3. The van der Waals surface area contributed by atoms with Crippen molar-refractivity contribution >= 4 is 23.2 Å². The topological polar surface area (TPSA) is 30.2 Å². The molecule has 0 aliphatic heterocycles. The van der Waals surface area contributed by atoms with Crippen molar-refractivity contribution in [2.75, 3.05) is 0 Å². The van der Waals surface area contributed by atoms with Gasteiger partial charge in [-0.05, 0) is 18.6 Å². The zero-order valence-electron chi connectivity index (χ0n) is 6.53. The molecule has 0 saturated heterocycles. The molecule has 0 saturated carbocycles. The molecule has 0 spiro atoms. The van der Waals surface area contributed by atoms with Crippen LogP contribution in [0.5, 0.6) is 0 Å². The Morgan fingerprint density at radius 3 is 3.00 bits per heavy atom. The van der Waals surface area contributed by atoms with Gasteiger partial charge in [-0.25, -0.2) is 0 Å².